The van der Waals surface area contributed by atoms with Gasteiger partial charge in [-0.25, -0.2) is 0 Å². The van der Waals surface area contributed by atoms with Crippen LogP contribution < -0.4 is 10.6 Å². The first-order valence-electron chi connectivity index (χ1n) is 7.35. The third kappa shape index (κ3) is 4.27. The molecule has 132 valence electrons. The number of halogens is 3. The summed E-state index contributed by atoms with van der Waals surface area (Å²) < 4.78 is 5.76. The molecular formula is C18H11BrCl2N2O3. The first kappa shape index (κ1) is 18.5. The van der Waals surface area contributed by atoms with Gasteiger partial charge in [-0.1, -0.05) is 39.1 Å². The molecule has 26 heavy (non-hydrogen) atoms. The van der Waals surface area contributed by atoms with Gasteiger partial charge in [-0.05, 0) is 48.5 Å². The number of furan rings is 1. The van der Waals surface area contributed by atoms with Crippen LogP contribution in [0.4, 0.5) is 11.4 Å². The van der Waals surface area contributed by atoms with E-state index in [9.17, 15) is 9.59 Å². The second kappa shape index (κ2) is 7.95. The van der Waals surface area contributed by atoms with E-state index in [-0.39, 0.29) is 16.7 Å². The van der Waals surface area contributed by atoms with E-state index in [1.807, 2.05) is 0 Å². The van der Waals surface area contributed by atoms with Gasteiger partial charge in [0.2, 0.25) is 0 Å². The first-order valence-corrected chi connectivity index (χ1v) is 8.90. The van der Waals surface area contributed by atoms with Crippen LogP contribution in [-0.4, -0.2) is 11.8 Å². The number of carbonyl (C=O) groups is 2. The van der Waals surface area contributed by atoms with Gasteiger partial charge in [0.15, 0.2) is 5.76 Å². The highest BCUT2D eigenvalue weighted by atomic mass is 79.9. The zero-order chi connectivity index (χ0) is 18.7. The van der Waals surface area contributed by atoms with Crippen molar-refractivity contribution in [1.82, 2.24) is 0 Å². The molecule has 2 N–H and O–H groups in total. The highest BCUT2D eigenvalue weighted by Crippen LogP contribution is 2.27. The molecule has 0 aliphatic heterocycles. The van der Waals surface area contributed by atoms with Gasteiger partial charge in [0, 0.05) is 10.2 Å². The summed E-state index contributed by atoms with van der Waals surface area (Å²) in [6, 6.07) is 12.9. The summed E-state index contributed by atoms with van der Waals surface area (Å²) in [6.07, 6.45) is 1.40. The van der Waals surface area contributed by atoms with Crippen molar-refractivity contribution in [3.05, 3.63) is 80.6 Å². The van der Waals surface area contributed by atoms with Gasteiger partial charge in [-0.15, -0.1) is 0 Å². The predicted molar refractivity (Wildman–Crippen MR) is 105 cm³/mol. The molecule has 0 fully saturated rings. The molecule has 3 aromatic rings. The zero-order valence-electron chi connectivity index (χ0n) is 13.1. The number of hydrogen-bond donors (Lipinski definition) is 2. The SMILES string of the molecule is O=C(Nc1ccc(NC(=O)c2cc(Br)ccc2Cl)cc1Cl)c1ccco1. The fourth-order valence-electron chi connectivity index (χ4n) is 2.16. The van der Waals surface area contributed by atoms with Crippen LogP contribution in [0.2, 0.25) is 10.0 Å². The normalized spacial score (nSPS) is 10.4. The molecular weight excluding hydrogens is 443 g/mol. The topological polar surface area (TPSA) is 71.3 Å². The fourth-order valence-corrected chi connectivity index (χ4v) is 2.95. The molecule has 8 heteroatoms. The highest BCUT2D eigenvalue weighted by Gasteiger charge is 2.14. The van der Waals surface area contributed by atoms with Crippen LogP contribution in [0.25, 0.3) is 0 Å². The van der Waals surface area contributed by atoms with E-state index in [2.05, 4.69) is 26.6 Å². The standard InChI is InChI=1S/C18H11BrCl2N2O3/c19-10-3-5-13(20)12(8-10)17(24)22-11-4-6-15(14(21)9-11)23-18(25)16-2-1-7-26-16/h1-9H,(H,22,24)(H,23,25). The first-order chi connectivity index (χ1) is 12.4. The molecule has 0 aliphatic rings. The minimum Gasteiger partial charge on any atom is -0.459 e. The van der Waals surface area contributed by atoms with Crippen molar-refractivity contribution in [3.8, 4) is 0 Å². The lowest BCUT2D eigenvalue weighted by atomic mass is 10.2. The number of anilines is 2. The van der Waals surface area contributed by atoms with Crippen LogP contribution >= 0.6 is 39.1 Å². The van der Waals surface area contributed by atoms with Gasteiger partial charge < -0.3 is 15.1 Å². The molecule has 0 spiro atoms. The van der Waals surface area contributed by atoms with Crippen molar-refractivity contribution in [2.24, 2.45) is 0 Å². The summed E-state index contributed by atoms with van der Waals surface area (Å²) >= 11 is 15.5. The molecule has 1 aromatic heterocycles. The number of amides is 2. The fraction of sp³-hybridized carbons (Fsp3) is 0. The van der Waals surface area contributed by atoms with E-state index in [0.29, 0.717) is 22.0 Å². The van der Waals surface area contributed by atoms with E-state index in [1.165, 1.54) is 12.3 Å². The van der Waals surface area contributed by atoms with Crippen molar-refractivity contribution in [2.75, 3.05) is 10.6 Å². The minimum absolute atomic E-state index is 0.169. The lowest BCUT2D eigenvalue weighted by Gasteiger charge is -2.10. The van der Waals surface area contributed by atoms with Crippen LogP contribution in [-0.2, 0) is 0 Å². The second-order valence-electron chi connectivity index (χ2n) is 5.20. The summed E-state index contributed by atoms with van der Waals surface area (Å²) in [5, 5.41) is 5.95. The van der Waals surface area contributed by atoms with Crippen LogP contribution in [0, 0.1) is 0 Å². The smallest absolute Gasteiger partial charge is 0.291 e. The van der Waals surface area contributed by atoms with Crippen molar-refractivity contribution < 1.29 is 14.0 Å². The van der Waals surface area contributed by atoms with E-state index in [1.54, 1.807) is 42.5 Å². The molecule has 3 rings (SSSR count). The third-order valence-electron chi connectivity index (χ3n) is 3.39. The van der Waals surface area contributed by atoms with Gasteiger partial charge in [0.25, 0.3) is 11.8 Å². The van der Waals surface area contributed by atoms with Crippen molar-refractivity contribution in [3.63, 3.8) is 0 Å². The molecule has 0 radical (unpaired) electrons. The summed E-state index contributed by atoms with van der Waals surface area (Å²) in [5.41, 5.74) is 1.19. The molecule has 0 bridgehead atoms. The lowest BCUT2D eigenvalue weighted by Crippen LogP contribution is -2.13. The monoisotopic (exact) mass is 452 g/mol. The molecule has 0 aliphatic carbocycles. The molecule has 5 nitrogen and oxygen atoms in total. The Kier molecular flexibility index (Phi) is 5.66. The average Bonchev–Trinajstić information content (AvgIpc) is 3.14. The van der Waals surface area contributed by atoms with E-state index >= 15 is 0 Å². The molecule has 2 aromatic carbocycles. The van der Waals surface area contributed by atoms with Gasteiger partial charge in [0.1, 0.15) is 0 Å². The maximum Gasteiger partial charge on any atom is 0.291 e. The average molecular weight is 454 g/mol. The highest BCUT2D eigenvalue weighted by molar-refractivity contribution is 9.10. The van der Waals surface area contributed by atoms with Gasteiger partial charge in [-0.3, -0.25) is 9.59 Å². The van der Waals surface area contributed by atoms with Crippen molar-refractivity contribution in [2.45, 2.75) is 0 Å². The number of hydrogen-bond acceptors (Lipinski definition) is 3. The Morgan fingerprint density at radius 1 is 0.923 bits per heavy atom. The summed E-state index contributed by atoms with van der Waals surface area (Å²) in [5.74, 6) is -0.628. The second-order valence-corrected chi connectivity index (χ2v) is 6.93. The number of rotatable bonds is 4. The van der Waals surface area contributed by atoms with E-state index < -0.39 is 5.91 Å². The molecule has 0 atom stereocenters. The lowest BCUT2D eigenvalue weighted by molar-refractivity contribution is 0.0994. The number of benzene rings is 2. The summed E-state index contributed by atoms with van der Waals surface area (Å²) in [6.45, 7) is 0. The van der Waals surface area contributed by atoms with Crippen LogP contribution in [0.3, 0.4) is 0 Å². The van der Waals surface area contributed by atoms with Crippen molar-refractivity contribution >= 4 is 62.3 Å². The number of carbonyl (C=O) groups excluding carboxylic acids is 2. The molecule has 1 heterocycles. The summed E-state index contributed by atoms with van der Waals surface area (Å²) in [7, 11) is 0. The number of nitrogens with one attached hydrogen (secondary N) is 2. The van der Waals surface area contributed by atoms with E-state index in [0.717, 1.165) is 4.47 Å². The Bertz CT molecular complexity index is 975. The van der Waals surface area contributed by atoms with Gasteiger partial charge in [0.05, 0.1) is 27.6 Å². The van der Waals surface area contributed by atoms with Crippen molar-refractivity contribution in [1.29, 1.82) is 0 Å². The quantitative estimate of drug-likeness (QED) is 0.520. The molecule has 0 saturated heterocycles. The van der Waals surface area contributed by atoms with E-state index in [4.69, 9.17) is 27.6 Å². The van der Waals surface area contributed by atoms with Gasteiger partial charge in [-0.2, -0.15) is 0 Å². The molecule has 2 amide bonds. The maximum absolute atomic E-state index is 12.4. The van der Waals surface area contributed by atoms with Crippen LogP contribution in [0.15, 0.2) is 63.7 Å². The minimum atomic E-state index is -0.422. The Labute approximate surface area is 167 Å². The Morgan fingerprint density at radius 2 is 1.73 bits per heavy atom. The molecule has 0 saturated carbocycles. The maximum atomic E-state index is 12.4. The predicted octanol–water partition coefficient (Wildman–Crippen LogP) is 5.85. The Hall–Kier alpha value is -2.28. The molecule has 0 unspecified atom stereocenters. The third-order valence-corrected chi connectivity index (χ3v) is 4.53. The Morgan fingerprint density at radius 3 is 2.42 bits per heavy atom. The largest absolute Gasteiger partial charge is 0.459 e. The van der Waals surface area contributed by atoms with Gasteiger partial charge >= 0.3 is 0 Å². The zero-order valence-corrected chi connectivity index (χ0v) is 16.2. The summed E-state index contributed by atoms with van der Waals surface area (Å²) in [4.78, 5) is 24.4. The Balaban J connectivity index is 1.74. The van der Waals surface area contributed by atoms with Crippen LogP contribution in [0.5, 0.6) is 0 Å². The van der Waals surface area contributed by atoms with Crippen LogP contribution in [0.1, 0.15) is 20.9 Å².